The third-order valence-electron chi connectivity index (χ3n) is 2.61. The van der Waals surface area contributed by atoms with E-state index in [1.165, 1.54) is 5.56 Å². The first-order valence-corrected chi connectivity index (χ1v) is 5.84. The maximum Gasteiger partial charge on any atom is 0.161 e. The Morgan fingerprint density at radius 1 is 1.24 bits per heavy atom. The minimum atomic E-state index is 0.738. The van der Waals surface area contributed by atoms with E-state index in [0.29, 0.717) is 0 Å². The number of methoxy groups -OCH3 is 2. The number of nitrogens with one attached hydrogen (secondary N) is 1. The average Bonchev–Trinajstić information content (AvgIpc) is 2.38. The molecule has 0 saturated carbocycles. The Balaban J connectivity index is 2.97. The standard InChI is InChI=1S/C14H21NO2/c1-5-7-15-10-12-9-14(17-4)13(16-3)8-11(12)6-2/h6,8-9,15H,2,5,7,10H2,1,3-4H3. The van der Waals surface area contributed by atoms with Gasteiger partial charge < -0.3 is 14.8 Å². The third kappa shape index (κ3) is 3.49. The lowest BCUT2D eigenvalue weighted by Crippen LogP contribution is -2.14. The van der Waals surface area contributed by atoms with Crippen LogP contribution in [0.25, 0.3) is 6.08 Å². The summed E-state index contributed by atoms with van der Waals surface area (Å²) in [5, 5.41) is 3.37. The molecule has 0 fully saturated rings. The van der Waals surface area contributed by atoms with E-state index >= 15 is 0 Å². The number of benzene rings is 1. The van der Waals surface area contributed by atoms with Crippen LogP contribution in [0.3, 0.4) is 0 Å². The van der Waals surface area contributed by atoms with Crippen molar-refractivity contribution in [2.45, 2.75) is 19.9 Å². The molecule has 3 nitrogen and oxygen atoms in total. The number of ether oxygens (including phenoxy) is 2. The molecule has 0 aliphatic heterocycles. The maximum absolute atomic E-state index is 5.30. The van der Waals surface area contributed by atoms with Crippen LogP contribution in [0.1, 0.15) is 24.5 Å². The Kier molecular flexibility index (Phi) is 5.57. The van der Waals surface area contributed by atoms with Crippen LogP contribution in [-0.2, 0) is 6.54 Å². The number of rotatable bonds is 7. The maximum atomic E-state index is 5.30. The molecule has 0 radical (unpaired) electrons. The highest BCUT2D eigenvalue weighted by molar-refractivity contribution is 5.59. The van der Waals surface area contributed by atoms with Crippen molar-refractivity contribution in [3.63, 3.8) is 0 Å². The predicted molar refractivity (Wildman–Crippen MR) is 71.6 cm³/mol. The van der Waals surface area contributed by atoms with Gasteiger partial charge in [0.1, 0.15) is 0 Å². The Morgan fingerprint density at radius 3 is 2.41 bits per heavy atom. The second kappa shape index (κ2) is 6.97. The van der Waals surface area contributed by atoms with Crippen LogP contribution < -0.4 is 14.8 Å². The SMILES string of the molecule is C=Cc1cc(OC)c(OC)cc1CNCCC. The third-order valence-corrected chi connectivity index (χ3v) is 2.61. The lowest BCUT2D eigenvalue weighted by molar-refractivity contribution is 0.354. The Hall–Kier alpha value is -1.48. The fourth-order valence-corrected chi connectivity index (χ4v) is 1.68. The topological polar surface area (TPSA) is 30.5 Å². The van der Waals surface area contributed by atoms with Gasteiger partial charge in [-0.3, -0.25) is 0 Å². The molecule has 0 bridgehead atoms. The lowest BCUT2D eigenvalue weighted by atomic mass is 10.1. The van der Waals surface area contributed by atoms with E-state index in [4.69, 9.17) is 9.47 Å². The summed E-state index contributed by atoms with van der Waals surface area (Å²) in [4.78, 5) is 0. The highest BCUT2D eigenvalue weighted by Gasteiger charge is 2.08. The molecule has 0 unspecified atom stereocenters. The van der Waals surface area contributed by atoms with Crippen molar-refractivity contribution < 1.29 is 9.47 Å². The molecule has 1 rings (SSSR count). The highest BCUT2D eigenvalue weighted by Crippen LogP contribution is 2.31. The van der Waals surface area contributed by atoms with Gasteiger partial charge in [0.05, 0.1) is 14.2 Å². The zero-order chi connectivity index (χ0) is 12.7. The van der Waals surface area contributed by atoms with Crippen LogP contribution in [-0.4, -0.2) is 20.8 Å². The fourth-order valence-electron chi connectivity index (χ4n) is 1.68. The first-order valence-electron chi connectivity index (χ1n) is 5.84. The molecule has 17 heavy (non-hydrogen) atoms. The van der Waals surface area contributed by atoms with Gasteiger partial charge in [0.25, 0.3) is 0 Å². The fraction of sp³-hybridized carbons (Fsp3) is 0.429. The largest absolute Gasteiger partial charge is 0.493 e. The molecule has 1 aromatic carbocycles. The summed E-state index contributed by atoms with van der Waals surface area (Å²) in [6.45, 7) is 7.80. The molecule has 3 heteroatoms. The molecule has 0 atom stereocenters. The van der Waals surface area contributed by atoms with E-state index < -0.39 is 0 Å². The second-order valence-electron chi connectivity index (χ2n) is 3.79. The minimum Gasteiger partial charge on any atom is -0.493 e. The van der Waals surface area contributed by atoms with Crippen molar-refractivity contribution in [3.05, 3.63) is 29.8 Å². The summed E-state index contributed by atoms with van der Waals surface area (Å²) in [5.74, 6) is 1.49. The summed E-state index contributed by atoms with van der Waals surface area (Å²) >= 11 is 0. The molecule has 0 heterocycles. The Morgan fingerprint density at radius 2 is 1.88 bits per heavy atom. The molecular weight excluding hydrogens is 214 g/mol. The van der Waals surface area contributed by atoms with Crippen molar-refractivity contribution in [2.24, 2.45) is 0 Å². The van der Waals surface area contributed by atoms with Crippen molar-refractivity contribution in [1.29, 1.82) is 0 Å². The summed E-state index contributed by atoms with van der Waals surface area (Å²) in [6, 6.07) is 3.95. The van der Waals surface area contributed by atoms with E-state index in [1.807, 2.05) is 18.2 Å². The predicted octanol–water partition coefficient (Wildman–Crippen LogP) is 2.85. The van der Waals surface area contributed by atoms with Gasteiger partial charge in [0.15, 0.2) is 11.5 Å². The van der Waals surface area contributed by atoms with Gasteiger partial charge in [-0.05, 0) is 36.2 Å². The van der Waals surface area contributed by atoms with Crippen molar-refractivity contribution in [2.75, 3.05) is 20.8 Å². The summed E-state index contributed by atoms with van der Waals surface area (Å²) < 4.78 is 10.6. The molecule has 0 amide bonds. The molecule has 0 saturated heterocycles. The normalized spacial score (nSPS) is 10.1. The van der Waals surface area contributed by atoms with E-state index in [1.54, 1.807) is 14.2 Å². The molecule has 1 N–H and O–H groups in total. The molecule has 0 aliphatic rings. The van der Waals surface area contributed by atoms with Crippen LogP contribution in [0, 0.1) is 0 Å². The van der Waals surface area contributed by atoms with Crippen molar-refractivity contribution in [3.8, 4) is 11.5 Å². The highest BCUT2D eigenvalue weighted by atomic mass is 16.5. The summed E-state index contributed by atoms with van der Waals surface area (Å²) in [7, 11) is 3.29. The van der Waals surface area contributed by atoms with Gasteiger partial charge in [-0.15, -0.1) is 0 Å². The van der Waals surface area contributed by atoms with Crippen molar-refractivity contribution in [1.82, 2.24) is 5.32 Å². The zero-order valence-electron chi connectivity index (χ0n) is 10.9. The molecule has 1 aromatic rings. The van der Waals surface area contributed by atoms with E-state index in [9.17, 15) is 0 Å². The smallest absolute Gasteiger partial charge is 0.161 e. The monoisotopic (exact) mass is 235 g/mol. The minimum absolute atomic E-state index is 0.738. The Labute approximate surface area is 103 Å². The molecule has 0 aliphatic carbocycles. The van der Waals surface area contributed by atoms with Gasteiger partial charge in [0, 0.05) is 6.54 Å². The van der Waals surface area contributed by atoms with E-state index in [2.05, 4.69) is 18.8 Å². The second-order valence-corrected chi connectivity index (χ2v) is 3.79. The van der Waals surface area contributed by atoms with Gasteiger partial charge in [-0.25, -0.2) is 0 Å². The molecule has 94 valence electrons. The van der Waals surface area contributed by atoms with E-state index in [-0.39, 0.29) is 0 Å². The Bertz CT molecular complexity index is 375. The van der Waals surface area contributed by atoms with Gasteiger partial charge in [-0.1, -0.05) is 19.6 Å². The van der Waals surface area contributed by atoms with Crippen LogP contribution in [0.15, 0.2) is 18.7 Å². The van der Waals surface area contributed by atoms with Gasteiger partial charge >= 0.3 is 0 Å². The summed E-state index contributed by atoms with van der Waals surface area (Å²) in [5.41, 5.74) is 2.25. The first-order chi connectivity index (χ1) is 8.26. The van der Waals surface area contributed by atoms with Crippen LogP contribution in [0.5, 0.6) is 11.5 Å². The van der Waals surface area contributed by atoms with Gasteiger partial charge in [-0.2, -0.15) is 0 Å². The molecule has 0 spiro atoms. The number of hydrogen-bond acceptors (Lipinski definition) is 3. The first kappa shape index (κ1) is 13.6. The van der Waals surface area contributed by atoms with Crippen LogP contribution in [0.2, 0.25) is 0 Å². The van der Waals surface area contributed by atoms with Crippen LogP contribution >= 0.6 is 0 Å². The van der Waals surface area contributed by atoms with Crippen LogP contribution in [0.4, 0.5) is 0 Å². The zero-order valence-corrected chi connectivity index (χ0v) is 10.9. The molecule has 0 aromatic heterocycles. The number of hydrogen-bond donors (Lipinski definition) is 1. The van der Waals surface area contributed by atoms with E-state index in [0.717, 1.165) is 36.6 Å². The quantitative estimate of drug-likeness (QED) is 0.737. The average molecular weight is 235 g/mol. The van der Waals surface area contributed by atoms with Gasteiger partial charge in [0.2, 0.25) is 0 Å². The summed E-state index contributed by atoms with van der Waals surface area (Å²) in [6.07, 6.45) is 2.96. The molecular formula is C14H21NO2. The van der Waals surface area contributed by atoms with Crippen molar-refractivity contribution >= 4 is 6.08 Å². The lowest BCUT2D eigenvalue weighted by Gasteiger charge is -2.13.